The molecule has 1 aliphatic heterocycles. The summed E-state index contributed by atoms with van der Waals surface area (Å²) in [6.07, 6.45) is 2.28. The van der Waals surface area contributed by atoms with Crippen LogP contribution in [0.5, 0.6) is 5.75 Å². The molecule has 1 aliphatic rings. The highest BCUT2D eigenvalue weighted by Gasteiger charge is 2.38. The van der Waals surface area contributed by atoms with Crippen LogP contribution < -0.4 is 10.1 Å². The molecule has 1 saturated heterocycles. The van der Waals surface area contributed by atoms with E-state index < -0.39 is 15.4 Å². The average molecular weight is 340 g/mol. The Morgan fingerprint density at radius 3 is 2.30 bits per heavy atom. The molecule has 0 saturated carbocycles. The first-order valence-corrected chi connectivity index (χ1v) is 9.46. The van der Waals surface area contributed by atoms with Crippen LogP contribution in [0.25, 0.3) is 0 Å². The lowest BCUT2D eigenvalue weighted by atomic mass is 9.80. The van der Waals surface area contributed by atoms with Crippen LogP contribution in [-0.4, -0.2) is 45.1 Å². The minimum Gasteiger partial charge on any atom is -0.497 e. The Labute approximate surface area is 137 Å². The molecule has 1 aromatic carbocycles. The number of nitrogens with zero attached hydrogens (tertiary/aromatic N) is 1. The molecule has 0 bridgehead atoms. The van der Waals surface area contributed by atoms with E-state index in [1.165, 1.54) is 10.6 Å². The van der Waals surface area contributed by atoms with E-state index in [2.05, 4.69) is 5.32 Å². The van der Waals surface area contributed by atoms with Crippen LogP contribution in [0.15, 0.2) is 24.3 Å². The van der Waals surface area contributed by atoms with Gasteiger partial charge in [-0.2, -0.15) is 0 Å². The predicted molar refractivity (Wildman–Crippen MR) is 88.6 cm³/mol. The summed E-state index contributed by atoms with van der Waals surface area (Å²) in [6, 6.07) is 7.53. The van der Waals surface area contributed by atoms with Crippen LogP contribution in [0.2, 0.25) is 0 Å². The lowest BCUT2D eigenvalue weighted by molar-refractivity contribution is -0.132. The van der Waals surface area contributed by atoms with Crippen LogP contribution in [0.1, 0.15) is 25.3 Å². The lowest BCUT2D eigenvalue weighted by Crippen LogP contribution is -2.48. The number of carbonyl (C=O) groups is 1. The minimum absolute atomic E-state index is 0.0264. The maximum atomic E-state index is 12.5. The molecule has 1 N–H and O–H groups in total. The van der Waals surface area contributed by atoms with Gasteiger partial charge in [0.05, 0.1) is 13.4 Å². The number of benzene rings is 1. The van der Waals surface area contributed by atoms with Crippen molar-refractivity contribution < 1.29 is 17.9 Å². The molecule has 0 spiro atoms. The molecule has 2 rings (SSSR count). The topological polar surface area (TPSA) is 75.7 Å². The third-order valence-corrected chi connectivity index (χ3v) is 5.76. The Kier molecular flexibility index (Phi) is 5.31. The van der Waals surface area contributed by atoms with Gasteiger partial charge in [-0.25, -0.2) is 12.7 Å². The van der Waals surface area contributed by atoms with Crippen molar-refractivity contribution in [2.24, 2.45) is 5.41 Å². The number of piperidine rings is 1. The van der Waals surface area contributed by atoms with E-state index in [0.29, 0.717) is 32.5 Å². The van der Waals surface area contributed by atoms with Crippen LogP contribution in [0, 0.1) is 5.41 Å². The van der Waals surface area contributed by atoms with Crippen LogP contribution >= 0.6 is 0 Å². The second-order valence-corrected chi connectivity index (χ2v) is 8.24. The molecule has 23 heavy (non-hydrogen) atoms. The minimum atomic E-state index is -3.17. The first-order chi connectivity index (χ1) is 10.7. The third kappa shape index (κ3) is 4.45. The smallest absolute Gasteiger partial charge is 0.226 e. The van der Waals surface area contributed by atoms with E-state index in [1.54, 1.807) is 7.11 Å². The normalized spacial score (nSPS) is 18.4. The van der Waals surface area contributed by atoms with Gasteiger partial charge in [0, 0.05) is 25.0 Å². The summed E-state index contributed by atoms with van der Waals surface area (Å²) in [5.74, 6) is 0.752. The number of methoxy groups -OCH3 is 1. The number of amides is 1. The van der Waals surface area contributed by atoms with Crippen LogP contribution in [-0.2, 0) is 21.4 Å². The monoisotopic (exact) mass is 340 g/mol. The molecule has 6 nitrogen and oxygen atoms in total. The molecule has 0 aromatic heterocycles. The Bertz CT molecular complexity index is 647. The second kappa shape index (κ2) is 6.88. The van der Waals surface area contributed by atoms with E-state index >= 15 is 0 Å². The quantitative estimate of drug-likeness (QED) is 0.878. The van der Waals surface area contributed by atoms with Gasteiger partial charge >= 0.3 is 0 Å². The highest BCUT2D eigenvalue weighted by atomic mass is 32.2. The summed E-state index contributed by atoms with van der Waals surface area (Å²) in [6.45, 7) is 3.14. The lowest BCUT2D eigenvalue weighted by Gasteiger charge is -2.37. The third-order valence-electron chi connectivity index (χ3n) is 4.46. The molecule has 1 amide bonds. The highest BCUT2D eigenvalue weighted by Crippen LogP contribution is 2.32. The number of hydrogen-bond acceptors (Lipinski definition) is 4. The standard InChI is InChI=1S/C16H24N2O4S/c1-16(8-10-18(11-9-16)23(3,20)21)15(19)17-12-13-4-6-14(22-2)7-5-13/h4-7H,8-12H2,1-3H3,(H,17,19). The summed E-state index contributed by atoms with van der Waals surface area (Å²) in [4.78, 5) is 12.5. The molecule has 128 valence electrons. The van der Waals surface area contributed by atoms with Crippen molar-refractivity contribution >= 4 is 15.9 Å². The van der Waals surface area contributed by atoms with Gasteiger partial charge in [-0.05, 0) is 30.5 Å². The van der Waals surface area contributed by atoms with Gasteiger partial charge in [0.1, 0.15) is 5.75 Å². The first-order valence-electron chi connectivity index (χ1n) is 7.61. The van der Waals surface area contributed by atoms with Gasteiger partial charge in [0.25, 0.3) is 0 Å². The van der Waals surface area contributed by atoms with Crippen molar-refractivity contribution in [3.8, 4) is 5.75 Å². The van der Waals surface area contributed by atoms with E-state index in [0.717, 1.165) is 11.3 Å². The van der Waals surface area contributed by atoms with Gasteiger partial charge in [-0.3, -0.25) is 4.79 Å². The van der Waals surface area contributed by atoms with E-state index in [9.17, 15) is 13.2 Å². The summed E-state index contributed by atoms with van der Waals surface area (Å²) in [5, 5.41) is 2.95. The second-order valence-electron chi connectivity index (χ2n) is 6.25. The average Bonchev–Trinajstić information content (AvgIpc) is 2.52. The first kappa shape index (κ1) is 17.7. The molecule has 1 heterocycles. The molecule has 7 heteroatoms. The zero-order valence-electron chi connectivity index (χ0n) is 13.8. The molecule has 0 aliphatic carbocycles. The van der Waals surface area contributed by atoms with E-state index in [4.69, 9.17) is 4.74 Å². The zero-order valence-corrected chi connectivity index (χ0v) is 14.6. The number of sulfonamides is 1. The Hall–Kier alpha value is -1.60. The Balaban J connectivity index is 1.90. The summed E-state index contributed by atoms with van der Waals surface area (Å²) in [5.41, 5.74) is 0.476. The van der Waals surface area contributed by atoms with Gasteiger partial charge in [0.15, 0.2) is 0 Å². The maximum Gasteiger partial charge on any atom is 0.226 e. The Morgan fingerprint density at radius 2 is 1.83 bits per heavy atom. The van der Waals surface area contributed by atoms with Crippen molar-refractivity contribution in [2.45, 2.75) is 26.3 Å². The van der Waals surface area contributed by atoms with Crippen molar-refractivity contribution in [3.05, 3.63) is 29.8 Å². The highest BCUT2D eigenvalue weighted by molar-refractivity contribution is 7.88. The fraction of sp³-hybridized carbons (Fsp3) is 0.562. The zero-order chi connectivity index (χ0) is 17.1. The number of rotatable bonds is 5. The number of hydrogen-bond donors (Lipinski definition) is 1. The summed E-state index contributed by atoms with van der Waals surface area (Å²) < 4.78 is 29.6. The molecule has 0 atom stereocenters. The summed E-state index contributed by atoms with van der Waals surface area (Å²) >= 11 is 0. The molecular formula is C16H24N2O4S. The largest absolute Gasteiger partial charge is 0.497 e. The predicted octanol–water partition coefficient (Wildman–Crippen LogP) is 1.37. The molecule has 0 unspecified atom stereocenters. The van der Waals surface area contributed by atoms with Crippen LogP contribution in [0.3, 0.4) is 0 Å². The van der Waals surface area contributed by atoms with Crippen molar-refractivity contribution in [1.82, 2.24) is 9.62 Å². The van der Waals surface area contributed by atoms with Gasteiger partial charge in [0.2, 0.25) is 15.9 Å². The van der Waals surface area contributed by atoms with Gasteiger partial charge in [-0.15, -0.1) is 0 Å². The van der Waals surface area contributed by atoms with E-state index in [1.807, 2.05) is 31.2 Å². The van der Waals surface area contributed by atoms with Gasteiger partial charge < -0.3 is 10.1 Å². The number of carbonyl (C=O) groups excluding carboxylic acids is 1. The fourth-order valence-corrected chi connectivity index (χ4v) is 3.52. The van der Waals surface area contributed by atoms with E-state index in [-0.39, 0.29) is 5.91 Å². The fourth-order valence-electron chi connectivity index (χ4n) is 2.68. The van der Waals surface area contributed by atoms with Crippen molar-refractivity contribution in [1.29, 1.82) is 0 Å². The molecule has 1 fully saturated rings. The molecule has 1 aromatic rings. The van der Waals surface area contributed by atoms with Gasteiger partial charge in [-0.1, -0.05) is 19.1 Å². The number of ether oxygens (including phenoxy) is 1. The SMILES string of the molecule is COc1ccc(CNC(=O)C2(C)CCN(S(C)(=O)=O)CC2)cc1. The summed E-state index contributed by atoms with van der Waals surface area (Å²) in [7, 11) is -1.56. The maximum absolute atomic E-state index is 12.5. The molecule has 0 radical (unpaired) electrons. The van der Waals surface area contributed by atoms with Crippen LogP contribution in [0.4, 0.5) is 0 Å². The molecular weight excluding hydrogens is 316 g/mol. The van der Waals surface area contributed by atoms with Crippen molar-refractivity contribution in [2.75, 3.05) is 26.5 Å². The number of nitrogens with one attached hydrogen (secondary N) is 1. The van der Waals surface area contributed by atoms with Crippen molar-refractivity contribution in [3.63, 3.8) is 0 Å². The Morgan fingerprint density at radius 1 is 1.26 bits per heavy atom.